The fourth-order valence-electron chi connectivity index (χ4n) is 3.98. The van der Waals surface area contributed by atoms with E-state index in [0.29, 0.717) is 30.1 Å². The van der Waals surface area contributed by atoms with Crippen LogP contribution >= 0.6 is 11.3 Å². The van der Waals surface area contributed by atoms with Crippen LogP contribution in [0.4, 0.5) is 0 Å². The van der Waals surface area contributed by atoms with Crippen LogP contribution in [0.1, 0.15) is 47.1 Å². The first-order valence-electron chi connectivity index (χ1n) is 8.85. The summed E-state index contributed by atoms with van der Waals surface area (Å²) in [6.07, 6.45) is 4.61. The molecule has 2 aliphatic carbocycles. The zero-order chi connectivity index (χ0) is 16.3. The predicted molar refractivity (Wildman–Crippen MR) is 95.0 cm³/mol. The molecule has 5 rings (SSSR count). The summed E-state index contributed by atoms with van der Waals surface area (Å²) in [6, 6.07) is 10.8. The number of likely N-dealkylation sites (tertiary alicyclic amines) is 1. The highest BCUT2D eigenvalue weighted by Crippen LogP contribution is 2.49. The Hall–Kier alpha value is -1.72. The number of nitrogens with zero attached hydrogens (tertiary/aromatic N) is 2. The first-order chi connectivity index (χ1) is 11.8. The number of thiazole rings is 1. The summed E-state index contributed by atoms with van der Waals surface area (Å²) in [5.74, 6) is 1.33. The van der Waals surface area contributed by atoms with Crippen LogP contribution in [0.15, 0.2) is 30.3 Å². The quantitative estimate of drug-likeness (QED) is 0.930. The molecule has 2 aromatic rings. The van der Waals surface area contributed by atoms with Crippen molar-refractivity contribution in [2.24, 2.45) is 11.7 Å². The molecule has 3 aliphatic rings. The van der Waals surface area contributed by atoms with Crippen LogP contribution < -0.4 is 5.73 Å². The molecule has 1 aliphatic heterocycles. The summed E-state index contributed by atoms with van der Waals surface area (Å²) in [7, 11) is 0. The van der Waals surface area contributed by atoms with Crippen molar-refractivity contribution in [3.8, 4) is 10.4 Å². The standard InChI is InChI=1S/C19H21N3OS/c20-10-14-8-13-9-15(13)22(14)19(23)16-17(11-4-2-1-3-5-11)24-18(21-16)12-6-7-12/h1-5,12-15H,6-10,20H2/t13-,14+,15+/m1/s1. The Labute approximate surface area is 145 Å². The Balaban J connectivity index is 1.55. The highest BCUT2D eigenvalue weighted by atomic mass is 32.1. The van der Waals surface area contributed by atoms with Crippen molar-refractivity contribution in [1.29, 1.82) is 0 Å². The summed E-state index contributed by atoms with van der Waals surface area (Å²) >= 11 is 1.70. The topological polar surface area (TPSA) is 59.2 Å². The average Bonchev–Trinajstić information content (AvgIpc) is 3.54. The molecule has 0 bridgehead atoms. The lowest BCUT2D eigenvalue weighted by atomic mass is 10.1. The molecule has 24 heavy (non-hydrogen) atoms. The largest absolute Gasteiger partial charge is 0.330 e. The molecule has 0 radical (unpaired) electrons. The Bertz CT molecular complexity index is 783. The SMILES string of the molecule is NC[C@@H]1C[C@@H]2C[C@@H]2N1C(=O)c1nc(C2CC2)sc1-c1ccccc1. The molecule has 3 atom stereocenters. The van der Waals surface area contributed by atoms with E-state index in [9.17, 15) is 4.79 Å². The van der Waals surface area contributed by atoms with Crippen LogP contribution in [0, 0.1) is 5.92 Å². The Kier molecular flexibility index (Phi) is 3.28. The molecule has 2 heterocycles. The highest BCUT2D eigenvalue weighted by molar-refractivity contribution is 7.15. The van der Waals surface area contributed by atoms with Gasteiger partial charge in [-0.2, -0.15) is 0 Å². The maximum atomic E-state index is 13.3. The Morgan fingerprint density at radius 2 is 2.04 bits per heavy atom. The first kappa shape index (κ1) is 14.6. The summed E-state index contributed by atoms with van der Waals surface area (Å²) in [4.78, 5) is 21.2. The van der Waals surface area contributed by atoms with Gasteiger partial charge in [-0.3, -0.25) is 4.79 Å². The number of rotatable bonds is 4. The molecule has 1 amide bonds. The van der Waals surface area contributed by atoms with Crippen molar-refractivity contribution >= 4 is 17.2 Å². The van der Waals surface area contributed by atoms with E-state index in [1.54, 1.807) is 11.3 Å². The highest BCUT2D eigenvalue weighted by Gasteiger charge is 2.54. The fourth-order valence-corrected chi connectivity index (χ4v) is 5.21. The minimum absolute atomic E-state index is 0.0949. The van der Waals surface area contributed by atoms with Crippen LogP contribution in [0.25, 0.3) is 10.4 Å². The van der Waals surface area contributed by atoms with Crippen LogP contribution in [0.5, 0.6) is 0 Å². The minimum Gasteiger partial charge on any atom is -0.330 e. The van der Waals surface area contributed by atoms with E-state index < -0.39 is 0 Å². The van der Waals surface area contributed by atoms with Crippen molar-refractivity contribution in [2.45, 2.75) is 43.7 Å². The van der Waals surface area contributed by atoms with Crippen LogP contribution in [-0.4, -0.2) is 34.4 Å². The third-order valence-corrected chi connectivity index (χ3v) is 6.79. The number of nitrogens with two attached hydrogens (primary N) is 1. The lowest BCUT2D eigenvalue weighted by Gasteiger charge is -2.26. The fraction of sp³-hybridized carbons (Fsp3) is 0.474. The van der Waals surface area contributed by atoms with Crippen LogP contribution in [0.2, 0.25) is 0 Å². The van der Waals surface area contributed by atoms with Crippen molar-refractivity contribution < 1.29 is 4.79 Å². The van der Waals surface area contributed by atoms with Crippen molar-refractivity contribution in [3.63, 3.8) is 0 Å². The second-order valence-electron chi connectivity index (χ2n) is 7.27. The van der Waals surface area contributed by atoms with Gasteiger partial charge in [0.25, 0.3) is 5.91 Å². The van der Waals surface area contributed by atoms with Gasteiger partial charge in [0.15, 0.2) is 0 Å². The monoisotopic (exact) mass is 339 g/mol. The van der Waals surface area contributed by atoms with Crippen LogP contribution in [0.3, 0.4) is 0 Å². The molecule has 1 aromatic carbocycles. The second-order valence-corrected chi connectivity index (χ2v) is 8.30. The maximum Gasteiger partial charge on any atom is 0.274 e. The Morgan fingerprint density at radius 1 is 1.25 bits per heavy atom. The normalized spacial score (nSPS) is 28.0. The average molecular weight is 339 g/mol. The number of fused-ring (bicyclic) bond motifs is 1. The third kappa shape index (κ3) is 2.30. The molecular formula is C19H21N3OS. The molecular weight excluding hydrogens is 318 g/mol. The third-order valence-electron chi connectivity index (χ3n) is 5.53. The number of carbonyl (C=O) groups is 1. The van der Waals surface area contributed by atoms with Crippen molar-refractivity contribution in [3.05, 3.63) is 41.0 Å². The van der Waals surface area contributed by atoms with Gasteiger partial charge in [-0.05, 0) is 37.2 Å². The first-order valence-corrected chi connectivity index (χ1v) is 9.66. The summed E-state index contributed by atoms with van der Waals surface area (Å²) < 4.78 is 0. The zero-order valence-electron chi connectivity index (χ0n) is 13.5. The van der Waals surface area contributed by atoms with E-state index in [2.05, 4.69) is 12.1 Å². The summed E-state index contributed by atoms with van der Waals surface area (Å²) in [5, 5.41) is 1.13. The minimum atomic E-state index is 0.0949. The van der Waals surface area contributed by atoms with Gasteiger partial charge in [0, 0.05) is 24.5 Å². The van der Waals surface area contributed by atoms with Crippen molar-refractivity contribution in [1.82, 2.24) is 9.88 Å². The molecule has 0 spiro atoms. The van der Waals surface area contributed by atoms with E-state index in [1.807, 2.05) is 23.1 Å². The lowest BCUT2D eigenvalue weighted by Crippen LogP contribution is -2.42. The molecule has 124 valence electrons. The molecule has 3 fully saturated rings. The number of benzene rings is 1. The summed E-state index contributed by atoms with van der Waals surface area (Å²) in [5.41, 5.74) is 7.67. The number of amides is 1. The molecule has 1 saturated heterocycles. The van der Waals surface area contributed by atoms with Gasteiger partial charge < -0.3 is 10.6 Å². The van der Waals surface area contributed by atoms with Crippen LogP contribution in [-0.2, 0) is 0 Å². The van der Waals surface area contributed by atoms with Crippen molar-refractivity contribution in [2.75, 3.05) is 6.54 Å². The van der Waals surface area contributed by atoms with E-state index in [-0.39, 0.29) is 11.9 Å². The molecule has 4 nitrogen and oxygen atoms in total. The summed E-state index contributed by atoms with van der Waals surface area (Å²) in [6.45, 7) is 0.555. The molecule has 5 heteroatoms. The number of piperidine rings is 1. The van der Waals surface area contributed by atoms with E-state index >= 15 is 0 Å². The Morgan fingerprint density at radius 3 is 2.75 bits per heavy atom. The van der Waals surface area contributed by atoms with Gasteiger partial charge in [-0.1, -0.05) is 30.3 Å². The molecule has 2 saturated carbocycles. The number of aromatic nitrogens is 1. The van der Waals surface area contributed by atoms with E-state index in [0.717, 1.165) is 28.3 Å². The zero-order valence-corrected chi connectivity index (χ0v) is 14.3. The number of hydrogen-bond acceptors (Lipinski definition) is 4. The maximum absolute atomic E-state index is 13.3. The predicted octanol–water partition coefficient (Wildman–Crippen LogP) is 3.25. The number of carbonyl (C=O) groups excluding carboxylic acids is 1. The van der Waals surface area contributed by atoms with Gasteiger partial charge in [-0.25, -0.2) is 4.98 Å². The van der Waals surface area contributed by atoms with Gasteiger partial charge in [0.05, 0.1) is 9.88 Å². The van der Waals surface area contributed by atoms with Gasteiger partial charge in [0.1, 0.15) is 5.69 Å². The number of hydrogen-bond donors (Lipinski definition) is 1. The van der Waals surface area contributed by atoms with E-state index in [4.69, 9.17) is 10.7 Å². The van der Waals surface area contributed by atoms with Gasteiger partial charge >= 0.3 is 0 Å². The molecule has 2 N–H and O–H groups in total. The molecule has 0 unspecified atom stereocenters. The van der Waals surface area contributed by atoms with E-state index in [1.165, 1.54) is 12.8 Å². The second kappa shape index (κ2) is 5.39. The molecule has 1 aromatic heterocycles. The van der Waals surface area contributed by atoms with Gasteiger partial charge in [0.2, 0.25) is 0 Å². The van der Waals surface area contributed by atoms with Gasteiger partial charge in [-0.15, -0.1) is 11.3 Å². The lowest BCUT2D eigenvalue weighted by molar-refractivity contribution is 0.0701. The smallest absolute Gasteiger partial charge is 0.274 e.